The number of nitrogens with zero attached hydrogens (tertiary/aromatic N) is 4. The number of hydrogen-bond donors (Lipinski definition) is 0. The Morgan fingerprint density at radius 1 is 0.963 bits per heavy atom. The topological polar surface area (TPSA) is 56.8 Å². The molecule has 0 aromatic carbocycles. The Bertz CT molecular complexity index is 869. The zero-order valence-corrected chi connectivity index (χ0v) is 16.3. The Hall–Kier alpha value is -2.67. The summed E-state index contributed by atoms with van der Waals surface area (Å²) in [4.78, 5) is 37.0. The van der Waals surface area contributed by atoms with Crippen LogP contribution in [-0.4, -0.2) is 58.8 Å². The van der Waals surface area contributed by atoms with Crippen LogP contribution in [0.2, 0.25) is 0 Å². The van der Waals surface area contributed by atoms with E-state index in [-0.39, 0.29) is 17.9 Å². The second-order valence-corrected chi connectivity index (χ2v) is 7.88. The van der Waals surface area contributed by atoms with Crippen LogP contribution >= 0.6 is 11.3 Å². The van der Waals surface area contributed by atoms with Gasteiger partial charge in [0.1, 0.15) is 11.5 Å². The molecule has 0 atom stereocenters. The van der Waals surface area contributed by atoms with Crippen LogP contribution in [0.1, 0.15) is 18.7 Å². The van der Waals surface area contributed by atoms with E-state index in [1.807, 2.05) is 49.6 Å². The number of thiophene rings is 1. The fourth-order valence-electron chi connectivity index (χ4n) is 3.64. The van der Waals surface area contributed by atoms with Crippen molar-refractivity contribution in [1.29, 1.82) is 0 Å². The van der Waals surface area contributed by atoms with Crippen molar-refractivity contribution < 1.29 is 9.59 Å². The molecule has 2 aliphatic heterocycles. The number of rotatable bonds is 4. The van der Waals surface area contributed by atoms with Crippen LogP contribution in [0, 0.1) is 0 Å². The first kappa shape index (κ1) is 17.7. The number of hydrogen-bond acceptors (Lipinski definition) is 6. The molecule has 140 valence electrons. The second kappa shape index (κ2) is 7.15. The fourth-order valence-corrected chi connectivity index (χ4v) is 4.40. The molecule has 2 aliphatic rings. The van der Waals surface area contributed by atoms with Gasteiger partial charge in [-0.15, -0.1) is 11.3 Å². The zero-order chi connectivity index (χ0) is 19.0. The molecule has 6 nitrogen and oxygen atoms in total. The van der Waals surface area contributed by atoms with Crippen LogP contribution in [0.5, 0.6) is 0 Å². The maximum Gasteiger partial charge on any atom is 0.278 e. The molecule has 4 rings (SSSR count). The van der Waals surface area contributed by atoms with Gasteiger partial charge in [-0.3, -0.25) is 14.5 Å². The molecule has 0 spiro atoms. The van der Waals surface area contributed by atoms with Gasteiger partial charge < -0.3 is 9.80 Å². The van der Waals surface area contributed by atoms with Crippen LogP contribution in [0.25, 0.3) is 5.57 Å². The molecule has 2 aromatic rings. The van der Waals surface area contributed by atoms with Crippen molar-refractivity contribution in [3.8, 4) is 0 Å². The minimum absolute atomic E-state index is 0.160. The van der Waals surface area contributed by atoms with Crippen LogP contribution in [0.3, 0.4) is 0 Å². The van der Waals surface area contributed by atoms with Gasteiger partial charge in [0.05, 0.1) is 5.57 Å². The van der Waals surface area contributed by atoms with Gasteiger partial charge in [0.25, 0.3) is 11.8 Å². The third kappa shape index (κ3) is 3.12. The number of imide groups is 1. The largest absolute Gasteiger partial charge is 0.363 e. The van der Waals surface area contributed by atoms with Gasteiger partial charge in [-0.25, -0.2) is 4.98 Å². The number of amides is 2. The molecule has 0 aliphatic carbocycles. The molecule has 0 radical (unpaired) electrons. The van der Waals surface area contributed by atoms with Crippen molar-refractivity contribution in [2.24, 2.45) is 0 Å². The fraction of sp³-hybridized carbons (Fsp3) is 0.350. The smallest absolute Gasteiger partial charge is 0.278 e. The molecular weight excluding hydrogens is 360 g/mol. The predicted molar refractivity (Wildman–Crippen MR) is 106 cm³/mol. The third-order valence-electron chi connectivity index (χ3n) is 4.94. The Morgan fingerprint density at radius 2 is 1.70 bits per heavy atom. The highest BCUT2D eigenvalue weighted by molar-refractivity contribution is 7.11. The minimum atomic E-state index is -0.181. The summed E-state index contributed by atoms with van der Waals surface area (Å²) in [5, 5.41) is 1.94. The second-order valence-electron chi connectivity index (χ2n) is 6.94. The summed E-state index contributed by atoms with van der Waals surface area (Å²) < 4.78 is 0. The summed E-state index contributed by atoms with van der Waals surface area (Å²) in [6, 6.07) is 9.55. The summed E-state index contributed by atoms with van der Waals surface area (Å²) in [5.41, 5.74) is 1.10. The molecule has 0 bridgehead atoms. The molecule has 7 heteroatoms. The van der Waals surface area contributed by atoms with Gasteiger partial charge in [-0.2, -0.15) is 0 Å². The maximum atomic E-state index is 13.1. The number of aromatic nitrogens is 1. The van der Waals surface area contributed by atoms with E-state index < -0.39 is 0 Å². The molecule has 4 heterocycles. The van der Waals surface area contributed by atoms with Crippen LogP contribution in [0.4, 0.5) is 5.82 Å². The first-order valence-electron chi connectivity index (χ1n) is 9.15. The normalized spacial score (nSPS) is 18.3. The van der Waals surface area contributed by atoms with E-state index in [0.717, 1.165) is 23.8 Å². The van der Waals surface area contributed by atoms with Gasteiger partial charge >= 0.3 is 0 Å². The van der Waals surface area contributed by atoms with E-state index in [0.29, 0.717) is 24.4 Å². The summed E-state index contributed by atoms with van der Waals surface area (Å²) in [6.07, 6.45) is 1.79. The van der Waals surface area contributed by atoms with Crippen molar-refractivity contribution in [2.75, 3.05) is 31.1 Å². The predicted octanol–water partition coefficient (Wildman–Crippen LogP) is 2.45. The summed E-state index contributed by atoms with van der Waals surface area (Å²) in [7, 11) is 0. The summed E-state index contributed by atoms with van der Waals surface area (Å²) in [5.74, 6) is 0.589. The van der Waals surface area contributed by atoms with E-state index in [1.165, 1.54) is 16.2 Å². The number of carbonyl (C=O) groups is 2. The third-order valence-corrected chi connectivity index (χ3v) is 5.83. The van der Waals surface area contributed by atoms with E-state index in [1.54, 1.807) is 6.20 Å². The Balaban J connectivity index is 1.62. The van der Waals surface area contributed by atoms with Crippen LogP contribution < -0.4 is 4.90 Å². The van der Waals surface area contributed by atoms with Crippen molar-refractivity contribution in [3.63, 3.8) is 0 Å². The average molecular weight is 382 g/mol. The Morgan fingerprint density at radius 3 is 2.30 bits per heavy atom. The lowest BCUT2D eigenvalue weighted by Gasteiger charge is -2.37. The van der Waals surface area contributed by atoms with Crippen molar-refractivity contribution in [2.45, 2.75) is 19.9 Å². The molecule has 1 fully saturated rings. The Labute approximate surface area is 162 Å². The monoisotopic (exact) mass is 382 g/mol. The molecule has 0 unspecified atom stereocenters. The molecule has 0 saturated carbocycles. The number of carbonyl (C=O) groups excluding carboxylic acids is 2. The van der Waals surface area contributed by atoms with Crippen LogP contribution in [-0.2, 0) is 9.59 Å². The van der Waals surface area contributed by atoms with Crippen molar-refractivity contribution in [3.05, 3.63) is 52.5 Å². The summed E-state index contributed by atoms with van der Waals surface area (Å²) >= 11 is 1.50. The summed E-state index contributed by atoms with van der Waals surface area (Å²) in [6.45, 7) is 6.66. The van der Waals surface area contributed by atoms with Gasteiger partial charge in [-0.05, 0) is 37.4 Å². The number of piperazine rings is 1. The minimum Gasteiger partial charge on any atom is -0.363 e. The Kier molecular flexibility index (Phi) is 4.70. The number of pyridine rings is 1. The lowest BCUT2D eigenvalue weighted by molar-refractivity contribution is -0.139. The molecule has 27 heavy (non-hydrogen) atoms. The van der Waals surface area contributed by atoms with E-state index >= 15 is 0 Å². The lowest BCUT2D eigenvalue weighted by atomic mass is 10.1. The number of anilines is 1. The molecule has 1 saturated heterocycles. The van der Waals surface area contributed by atoms with Gasteiger partial charge in [-0.1, -0.05) is 12.1 Å². The van der Waals surface area contributed by atoms with Crippen molar-refractivity contribution in [1.82, 2.24) is 14.8 Å². The lowest BCUT2D eigenvalue weighted by Crippen LogP contribution is -2.48. The SMILES string of the molecule is CC(C)N1C(=O)C(c2cccs2)=C(N2CCN(c3ccccn3)CC2)C1=O. The highest BCUT2D eigenvalue weighted by Crippen LogP contribution is 2.35. The molecule has 2 aromatic heterocycles. The molecule has 0 N–H and O–H groups in total. The molecule has 2 amide bonds. The first-order chi connectivity index (χ1) is 13.1. The van der Waals surface area contributed by atoms with E-state index in [9.17, 15) is 9.59 Å². The standard InChI is InChI=1S/C20H22N4O2S/c1-14(2)24-19(25)17(15-6-5-13-27-15)18(20(24)26)23-11-9-22(10-12-23)16-7-3-4-8-21-16/h3-8,13-14H,9-12H2,1-2H3. The van der Waals surface area contributed by atoms with Gasteiger partial charge in [0, 0.05) is 43.3 Å². The average Bonchev–Trinajstić information content (AvgIpc) is 3.28. The van der Waals surface area contributed by atoms with Gasteiger partial charge in [0.15, 0.2) is 0 Å². The zero-order valence-electron chi connectivity index (χ0n) is 15.5. The highest BCUT2D eigenvalue weighted by atomic mass is 32.1. The van der Waals surface area contributed by atoms with E-state index in [2.05, 4.69) is 14.8 Å². The van der Waals surface area contributed by atoms with Gasteiger partial charge in [0.2, 0.25) is 0 Å². The highest BCUT2D eigenvalue weighted by Gasteiger charge is 2.43. The van der Waals surface area contributed by atoms with E-state index in [4.69, 9.17) is 0 Å². The van der Waals surface area contributed by atoms with Crippen molar-refractivity contribution >= 4 is 34.5 Å². The quantitative estimate of drug-likeness (QED) is 0.761. The maximum absolute atomic E-state index is 13.1. The molecular formula is C20H22N4O2S. The van der Waals surface area contributed by atoms with Crippen LogP contribution in [0.15, 0.2) is 47.6 Å². The first-order valence-corrected chi connectivity index (χ1v) is 10.0.